The lowest BCUT2D eigenvalue weighted by Crippen LogP contribution is -2.41. The summed E-state index contributed by atoms with van der Waals surface area (Å²) in [7, 11) is 0. The molecule has 0 saturated carbocycles. The molecule has 1 amide bonds. The summed E-state index contributed by atoms with van der Waals surface area (Å²) < 4.78 is 7.07. The lowest BCUT2D eigenvalue weighted by atomic mass is 10.0. The van der Waals surface area contributed by atoms with E-state index in [1.165, 1.54) is 0 Å². The number of hydrogen-bond donors (Lipinski definition) is 1. The van der Waals surface area contributed by atoms with E-state index in [9.17, 15) is 9.59 Å². The Morgan fingerprint density at radius 2 is 1.86 bits per heavy atom. The Hall–Kier alpha value is -3.55. The van der Waals surface area contributed by atoms with Gasteiger partial charge in [0.25, 0.3) is 11.5 Å². The molecular weight excluding hydrogens is 499 g/mol. The molecule has 0 bridgehead atoms. The minimum Gasteiger partial charge on any atom is -0.464 e. The van der Waals surface area contributed by atoms with Gasteiger partial charge in [-0.2, -0.15) is 0 Å². The predicted octanol–water partition coefficient (Wildman–Crippen LogP) is 5.82. The highest BCUT2D eigenvalue weighted by molar-refractivity contribution is 6.42. The first-order valence-electron chi connectivity index (χ1n) is 11.6. The largest absolute Gasteiger partial charge is 0.464 e. The molecule has 1 aliphatic rings. The molecule has 0 spiro atoms. The lowest BCUT2D eigenvalue weighted by molar-refractivity contribution is 0.0731. The van der Waals surface area contributed by atoms with Crippen molar-refractivity contribution in [2.75, 3.05) is 11.9 Å². The highest BCUT2D eigenvalue weighted by atomic mass is 35.5. The lowest BCUT2D eigenvalue weighted by Gasteiger charge is -2.29. The van der Waals surface area contributed by atoms with E-state index < -0.39 is 0 Å². The van der Waals surface area contributed by atoms with Crippen LogP contribution < -0.4 is 10.9 Å². The summed E-state index contributed by atoms with van der Waals surface area (Å²) in [5, 5.41) is 4.00. The van der Waals surface area contributed by atoms with E-state index in [1.54, 1.807) is 33.9 Å². The second kappa shape index (κ2) is 9.84. The first-order chi connectivity index (χ1) is 17.3. The third-order valence-corrected chi connectivity index (χ3v) is 6.78. The summed E-state index contributed by atoms with van der Waals surface area (Å²) in [4.78, 5) is 33.3. The molecule has 9 heteroatoms. The Morgan fingerprint density at radius 3 is 2.53 bits per heavy atom. The van der Waals surface area contributed by atoms with Crippen LogP contribution in [0.3, 0.4) is 0 Å². The predicted molar refractivity (Wildman–Crippen MR) is 141 cm³/mol. The zero-order chi connectivity index (χ0) is 25.4. The molecule has 0 saturated heterocycles. The van der Waals surface area contributed by atoms with E-state index >= 15 is 0 Å². The van der Waals surface area contributed by atoms with Crippen LogP contribution in [0.5, 0.6) is 0 Å². The number of aromatic nitrogens is 2. The fourth-order valence-electron chi connectivity index (χ4n) is 4.29. The highest BCUT2D eigenvalue weighted by Gasteiger charge is 2.27. The van der Waals surface area contributed by atoms with Crippen molar-refractivity contribution in [3.8, 4) is 17.0 Å². The van der Waals surface area contributed by atoms with Gasteiger partial charge in [-0.3, -0.25) is 9.59 Å². The number of anilines is 1. The van der Waals surface area contributed by atoms with Gasteiger partial charge in [-0.1, -0.05) is 23.2 Å². The van der Waals surface area contributed by atoms with Crippen molar-refractivity contribution in [2.24, 2.45) is 0 Å². The molecule has 184 valence electrons. The van der Waals surface area contributed by atoms with Crippen LogP contribution in [0.1, 0.15) is 35.5 Å². The number of hydrogen-bond acceptors (Lipinski definition) is 5. The van der Waals surface area contributed by atoms with Crippen molar-refractivity contribution in [1.82, 2.24) is 14.5 Å². The Balaban J connectivity index is 1.50. The van der Waals surface area contributed by atoms with E-state index in [0.717, 1.165) is 11.3 Å². The van der Waals surface area contributed by atoms with Crippen LogP contribution in [-0.4, -0.2) is 32.9 Å². The quantitative estimate of drug-likeness (QED) is 0.357. The number of halogens is 2. The monoisotopic (exact) mass is 522 g/mol. The first-order valence-corrected chi connectivity index (χ1v) is 12.4. The van der Waals surface area contributed by atoms with Crippen LogP contribution >= 0.6 is 23.2 Å². The first kappa shape index (κ1) is 24.2. The van der Waals surface area contributed by atoms with Crippen molar-refractivity contribution in [3.05, 3.63) is 98.1 Å². The van der Waals surface area contributed by atoms with Gasteiger partial charge in [-0.05, 0) is 74.9 Å². The zero-order valence-corrected chi connectivity index (χ0v) is 21.3. The molecular formula is C27H24Cl2N4O3. The van der Waals surface area contributed by atoms with Crippen LogP contribution in [-0.2, 0) is 13.0 Å². The average Bonchev–Trinajstić information content (AvgIpc) is 3.40. The van der Waals surface area contributed by atoms with Gasteiger partial charge in [0.15, 0.2) is 0 Å². The molecule has 7 nitrogen and oxygen atoms in total. The summed E-state index contributed by atoms with van der Waals surface area (Å²) >= 11 is 12.1. The Labute approximate surface area is 218 Å². The Morgan fingerprint density at radius 1 is 1.08 bits per heavy atom. The fraction of sp³-hybridized carbons (Fsp3) is 0.222. The van der Waals surface area contributed by atoms with Crippen molar-refractivity contribution < 1.29 is 9.21 Å². The maximum atomic E-state index is 13.7. The molecule has 4 aromatic rings. The Kier molecular flexibility index (Phi) is 6.60. The molecule has 0 atom stereocenters. The van der Waals surface area contributed by atoms with Gasteiger partial charge in [0.1, 0.15) is 5.76 Å². The second-order valence-corrected chi connectivity index (χ2v) is 9.74. The van der Waals surface area contributed by atoms with Gasteiger partial charge in [-0.25, -0.2) is 9.55 Å². The number of furan rings is 1. The van der Waals surface area contributed by atoms with Gasteiger partial charge in [0, 0.05) is 29.3 Å². The van der Waals surface area contributed by atoms with Crippen LogP contribution in [0.4, 0.5) is 5.95 Å². The minimum atomic E-state index is -0.183. The molecule has 5 rings (SSSR count). The standard InChI is InChI=1S/C27H24Cl2N4O3/c1-16(2)30-27-31-23-15-32(25(34)18-7-10-21(28)22(29)14-18)12-11-20(23)26(35)33(27)19-8-5-17(6-9-19)24-4-3-13-36-24/h3-10,13-14,16H,11-12,15H2,1-2H3,(H,30,31). The van der Waals surface area contributed by atoms with Gasteiger partial charge < -0.3 is 14.6 Å². The van der Waals surface area contributed by atoms with Crippen LogP contribution in [0.25, 0.3) is 17.0 Å². The van der Waals surface area contributed by atoms with E-state index in [4.69, 9.17) is 32.6 Å². The smallest absolute Gasteiger partial charge is 0.263 e. The van der Waals surface area contributed by atoms with Crippen LogP contribution in [0.15, 0.2) is 70.1 Å². The SMILES string of the molecule is CC(C)Nc1nc2c(c(=O)n1-c1ccc(-c3ccco3)cc1)CCN(C(=O)c1ccc(Cl)c(Cl)c1)C2. The number of benzene rings is 2. The van der Waals surface area contributed by atoms with Gasteiger partial charge in [0.05, 0.1) is 34.2 Å². The summed E-state index contributed by atoms with van der Waals surface area (Å²) in [5.74, 6) is 1.00. The van der Waals surface area contributed by atoms with E-state index in [1.807, 2.05) is 50.2 Å². The average molecular weight is 523 g/mol. The molecule has 1 N–H and O–H groups in total. The summed E-state index contributed by atoms with van der Waals surface area (Å²) in [6.45, 7) is 4.60. The summed E-state index contributed by atoms with van der Waals surface area (Å²) in [6.07, 6.45) is 2.03. The molecule has 1 aliphatic heterocycles. The van der Waals surface area contributed by atoms with Crippen LogP contribution in [0, 0.1) is 0 Å². The van der Waals surface area contributed by atoms with Crippen LogP contribution in [0.2, 0.25) is 10.0 Å². The number of fused-ring (bicyclic) bond motifs is 1. The number of nitrogens with one attached hydrogen (secondary N) is 1. The van der Waals surface area contributed by atoms with Crippen molar-refractivity contribution in [1.29, 1.82) is 0 Å². The van der Waals surface area contributed by atoms with E-state index in [-0.39, 0.29) is 24.1 Å². The topological polar surface area (TPSA) is 80.4 Å². The molecule has 0 unspecified atom stereocenters. The molecule has 0 fully saturated rings. The number of nitrogens with zero attached hydrogens (tertiary/aromatic N) is 3. The molecule has 2 aromatic carbocycles. The van der Waals surface area contributed by atoms with Crippen molar-refractivity contribution in [3.63, 3.8) is 0 Å². The van der Waals surface area contributed by atoms with Gasteiger partial charge >= 0.3 is 0 Å². The number of carbonyl (C=O) groups excluding carboxylic acids is 1. The highest BCUT2D eigenvalue weighted by Crippen LogP contribution is 2.26. The van der Waals surface area contributed by atoms with E-state index in [2.05, 4.69) is 5.32 Å². The number of amides is 1. The van der Waals surface area contributed by atoms with Gasteiger partial charge in [-0.15, -0.1) is 0 Å². The molecule has 36 heavy (non-hydrogen) atoms. The molecule has 3 heterocycles. The number of rotatable bonds is 5. The third kappa shape index (κ3) is 4.64. The zero-order valence-electron chi connectivity index (χ0n) is 19.8. The molecule has 0 aliphatic carbocycles. The summed E-state index contributed by atoms with van der Waals surface area (Å²) in [6, 6.07) is 16.2. The maximum absolute atomic E-state index is 13.7. The fourth-order valence-corrected chi connectivity index (χ4v) is 4.58. The second-order valence-electron chi connectivity index (χ2n) is 8.93. The third-order valence-electron chi connectivity index (χ3n) is 6.04. The maximum Gasteiger partial charge on any atom is 0.263 e. The van der Waals surface area contributed by atoms with E-state index in [0.29, 0.717) is 51.5 Å². The minimum absolute atomic E-state index is 0.0427. The number of carbonyl (C=O) groups is 1. The van der Waals surface area contributed by atoms with Crippen molar-refractivity contribution in [2.45, 2.75) is 32.9 Å². The van der Waals surface area contributed by atoms with Gasteiger partial charge in [0.2, 0.25) is 5.95 Å². The molecule has 0 radical (unpaired) electrons. The van der Waals surface area contributed by atoms with Crippen molar-refractivity contribution >= 4 is 35.1 Å². The summed E-state index contributed by atoms with van der Waals surface area (Å²) in [5.41, 5.74) is 3.11. The normalized spacial score (nSPS) is 13.1. The molecule has 2 aromatic heterocycles. The Bertz CT molecular complexity index is 1480.